The minimum atomic E-state index is 0.296. The minimum Gasteiger partial charge on any atom is -0.301 e. The average Bonchev–Trinajstić information content (AvgIpc) is 2.91. The van der Waals surface area contributed by atoms with E-state index < -0.39 is 0 Å². The van der Waals surface area contributed by atoms with E-state index in [1.54, 1.807) is 11.3 Å². The van der Waals surface area contributed by atoms with Gasteiger partial charge in [0, 0.05) is 17.1 Å². The van der Waals surface area contributed by atoms with Crippen LogP contribution in [0.4, 0.5) is 0 Å². The first-order chi connectivity index (χ1) is 9.63. The van der Waals surface area contributed by atoms with Crippen molar-refractivity contribution in [3.05, 3.63) is 51.5 Å². The molecule has 0 aliphatic heterocycles. The SMILES string of the molecule is CCc1ccc(C(CC)NC(C)c2nc(C)cs2)cc1. The van der Waals surface area contributed by atoms with Crippen LogP contribution in [0.3, 0.4) is 0 Å². The van der Waals surface area contributed by atoms with E-state index in [0.29, 0.717) is 12.1 Å². The fourth-order valence-corrected chi connectivity index (χ4v) is 3.19. The van der Waals surface area contributed by atoms with Crippen LogP contribution in [0, 0.1) is 6.92 Å². The van der Waals surface area contributed by atoms with Crippen molar-refractivity contribution >= 4 is 11.3 Å². The molecule has 1 aromatic carbocycles. The average molecular weight is 288 g/mol. The predicted octanol–water partition coefficient (Wildman–Crippen LogP) is 4.82. The van der Waals surface area contributed by atoms with Gasteiger partial charge in [0.2, 0.25) is 0 Å². The van der Waals surface area contributed by atoms with Crippen molar-refractivity contribution in [2.24, 2.45) is 0 Å². The molecule has 0 aliphatic carbocycles. The van der Waals surface area contributed by atoms with E-state index in [-0.39, 0.29) is 0 Å². The standard InChI is InChI=1S/C17H24N2S/c1-5-14-7-9-15(10-8-14)16(6-2)19-13(4)17-18-12(3)11-20-17/h7-11,13,16,19H,5-6H2,1-4H3. The van der Waals surface area contributed by atoms with Crippen LogP contribution < -0.4 is 5.32 Å². The number of aromatic nitrogens is 1. The highest BCUT2D eigenvalue weighted by molar-refractivity contribution is 7.09. The molecule has 2 rings (SSSR count). The van der Waals surface area contributed by atoms with E-state index in [2.05, 4.69) is 60.7 Å². The van der Waals surface area contributed by atoms with Crippen LogP contribution in [-0.4, -0.2) is 4.98 Å². The highest BCUT2D eigenvalue weighted by atomic mass is 32.1. The predicted molar refractivity (Wildman–Crippen MR) is 87.3 cm³/mol. The first kappa shape index (κ1) is 15.2. The lowest BCUT2D eigenvalue weighted by atomic mass is 10.0. The maximum Gasteiger partial charge on any atom is 0.110 e. The highest BCUT2D eigenvalue weighted by Crippen LogP contribution is 2.24. The first-order valence-electron chi connectivity index (χ1n) is 7.41. The smallest absolute Gasteiger partial charge is 0.110 e. The summed E-state index contributed by atoms with van der Waals surface area (Å²) in [4.78, 5) is 4.58. The summed E-state index contributed by atoms with van der Waals surface area (Å²) in [5, 5.41) is 6.99. The molecule has 0 amide bonds. The number of nitrogens with one attached hydrogen (secondary N) is 1. The number of aryl methyl sites for hydroxylation is 2. The second kappa shape index (κ2) is 7.00. The van der Waals surface area contributed by atoms with Gasteiger partial charge < -0.3 is 5.32 Å². The minimum absolute atomic E-state index is 0.296. The Bertz CT molecular complexity index is 530. The molecule has 0 radical (unpaired) electrons. The molecule has 0 aliphatic rings. The van der Waals surface area contributed by atoms with Crippen LogP contribution in [0.5, 0.6) is 0 Å². The topological polar surface area (TPSA) is 24.9 Å². The number of hydrogen-bond donors (Lipinski definition) is 1. The van der Waals surface area contributed by atoms with Gasteiger partial charge in [0.25, 0.3) is 0 Å². The normalized spacial score (nSPS) is 14.2. The molecule has 3 heteroatoms. The molecular weight excluding hydrogens is 264 g/mol. The molecule has 108 valence electrons. The zero-order valence-corrected chi connectivity index (χ0v) is 13.6. The van der Waals surface area contributed by atoms with Crippen molar-refractivity contribution in [1.29, 1.82) is 0 Å². The van der Waals surface area contributed by atoms with Gasteiger partial charge in [-0.15, -0.1) is 11.3 Å². The van der Waals surface area contributed by atoms with E-state index >= 15 is 0 Å². The molecular formula is C17H24N2S. The fraction of sp³-hybridized carbons (Fsp3) is 0.471. The first-order valence-corrected chi connectivity index (χ1v) is 8.28. The Morgan fingerprint density at radius 1 is 1.20 bits per heavy atom. The van der Waals surface area contributed by atoms with Crippen LogP contribution in [-0.2, 0) is 6.42 Å². The molecule has 0 fully saturated rings. The molecule has 2 nitrogen and oxygen atoms in total. The highest BCUT2D eigenvalue weighted by Gasteiger charge is 2.15. The number of rotatable bonds is 6. The summed E-state index contributed by atoms with van der Waals surface area (Å²) in [7, 11) is 0. The van der Waals surface area contributed by atoms with Crippen molar-refractivity contribution in [3.63, 3.8) is 0 Å². The third-order valence-electron chi connectivity index (χ3n) is 3.66. The molecule has 2 aromatic rings. The summed E-state index contributed by atoms with van der Waals surface area (Å²) in [5.74, 6) is 0. The Morgan fingerprint density at radius 3 is 2.40 bits per heavy atom. The lowest BCUT2D eigenvalue weighted by Gasteiger charge is -2.21. The van der Waals surface area contributed by atoms with Gasteiger partial charge in [-0.25, -0.2) is 4.98 Å². The Morgan fingerprint density at radius 2 is 1.90 bits per heavy atom. The largest absolute Gasteiger partial charge is 0.301 e. The summed E-state index contributed by atoms with van der Waals surface area (Å²) in [5.41, 5.74) is 3.87. The number of thiazole rings is 1. The van der Waals surface area contributed by atoms with Crippen molar-refractivity contribution in [2.75, 3.05) is 0 Å². The van der Waals surface area contributed by atoms with E-state index in [1.165, 1.54) is 16.1 Å². The van der Waals surface area contributed by atoms with Crippen LogP contribution in [0.2, 0.25) is 0 Å². The monoisotopic (exact) mass is 288 g/mol. The van der Waals surface area contributed by atoms with Crippen LogP contribution in [0.15, 0.2) is 29.6 Å². The van der Waals surface area contributed by atoms with Gasteiger partial charge in [-0.1, -0.05) is 38.1 Å². The summed E-state index contributed by atoms with van der Waals surface area (Å²) >= 11 is 1.74. The molecule has 0 saturated carbocycles. The lowest BCUT2D eigenvalue weighted by molar-refractivity contribution is 0.455. The van der Waals surface area contributed by atoms with Gasteiger partial charge in [-0.2, -0.15) is 0 Å². The van der Waals surface area contributed by atoms with Crippen molar-refractivity contribution in [2.45, 2.75) is 52.6 Å². The van der Waals surface area contributed by atoms with Gasteiger partial charge in [-0.3, -0.25) is 0 Å². The maximum atomic E-state index is 4.58. The van der Waals surface area contributed by atoms with Crippen LogP contribution in [0.25, 0.3) is 0 Å². The van der Waals surface area contributed by atoms with Gasteiger partial charge in [0.1, 0.15) is 5.01 Å². The van der Waals surface area contributed by atoms with Gasteiger partial charge in [0.05, 0.1) is 6.04 Å². The molecule has 2 unspecified atom stereocenters. The Labute approximate surface area is 126 Å². The number of hydrogen-bond acceptors (Lipinski definition) is 3. The molecule has 0 bridgehead atoms. The van der Waals surface area contributed by atoms with E-state index in [1.807, 2.05) is 6.92 Å². The third kappa shape index (κ3) is 3.68. The summed E-state index contributed by atoms with van der Waals surface area (Å²) in [6, 6.07) is 9.65. The van der Waals surface area contributed by atoms with Crippen molar-refractivity contribution < 1.29 is 0 Å². The summed E-state index contributed by atoms with van der Waals surface area (Å²) < 4.78 is 0. The Kier molecular flexibility index (Phi) is 5.32. The molecule has 0 spiro atoms. The lowest BCUT2D eigenvalue weighted by Crippen LogP contribution is -2.24. The quantitative estimate of drug-likeness (QED) is 0.824. The van der Waals surface area contributed by atoms with Gasteiger partial charge in [-0.05, 0) is 37.8 Å². The Hall–Kier alpha value is -1.19. The zero-order chi connectivity index (χ0) is 14.5. The molecule has 1 N–H and O–H groups in total. The van der Waals surface area contributed by atoms with Gasteiger partial charge in [0.15, 0.2) is 0 Å². The van der Waals surface area contributed by atoms with Gasteiger partial charge >= 0.3 is 0 Å². The van der Waals surface area contributed by atoms with Crippen LogP contribution >= 0.6 is 11.3 Å². The molecule has 1 heterocycles. The van der Waals surface area contributed by atoms with Crippen LogP contribution in [0.1, 0.15) is 61.1 Å². The number of benzene rings is 1. The fourth-order valence-electron chi connectivity index (χ4n) is 2.38. The van der Waals surface area contributed by atoms with Crippen molar-refractivity contribution in [1.82, 2.24) is 10.3 Å². The van der Waals surface area contributed by atoms with E-state index in [0.717, 1.165) is 18.5 Å². The second-order valence-corrected chi connectivity index (χ2v) is 6.16. The second-order valence-electron chi connectivity index (χ2n) is 5.27. The summed E-state index contributed by atoms with van der Waals surface area (Å²) in [6.07, 6.45) is 2.18. The zero-order valence-electron chi connectivity index (χ0n) is 12.8. The third-order valence-corrected chi connectivity index (χ3v) is 4.80. The molecule has 1 aromatic heterocycles. The Balaban J connectivity index is 2.07. The van der Waals surface area contributed by atoms with E-state index in [9.17, 15) is 0 Å². The molecule has 20 heavy (non-hydrogen) atoms. The number of nitrogens with zero attached hydrogens (tertiary/aromatic N) is 1. The molecule has 2 atom stereocenters. The summed E-state index contributed by atoms with van der Waals surface area (Å²) in [6.45, 7) is 8.66. The van der Waals surface area contributed by atoms with E-state index in [4.69, 9.17) is 0 Å². The maximum absolute atomic E-state index is 4.58. The van der Waals surface area contributed by atoms with Crippen molar-refractivity contribution in [3.8, 4) is 0 Å². The molecule has 0 saturated heterocycles.